The number of carbonyl (C=O) groups excluding carboxylic acids is 6. The number of ether oxygens (including phenoxy) is 6. The van der Waals surface area contributed by atoms with Crippen LogP contribution in [-0.4, -0.2) is 237 Å². The van der Waals surface area contributed by atoms with Crippen molar-refractivity contribution >= 4 is 104 Å². The number of nitrogens with zero attached hydrogens (tertiary/aromatic N) is 12. The Kier molecular flexibility index (Phi) is 31.0. The lowest BCUT2D eigenvalue weighted by Gasteiger charge is -2.28. The lowest BCUT2D eigenvalue weighted by Crippen LogP contribution is -2.39. The summed E-state index contributed by atoms with van der Waals surface area (Å²) < 4.78 is 74.0. The van der Waals surface area contributed by atoms with Crippen LogP contribution in [0.5, 0.6) is 0 Å². The van der Waals surface area contributed by atoms with Crippen molar-refractivity contribution in [3.8, 4) is 0 Å². The number of aromatic nitrogens is 6. The number of carbonyl (C=O) groups is 6. The summed E-state index contributed by atoms with van der Waals surface area (Å²) in [6, 6.07) is 28.2. The van der Waals surface area contributed by atoms with E-state index in [-0.39, 0.29) is 92.6 Å². The van der Waals surface area contributed by atoms with Crippen molar-refractivity contribution in [1.82, 2.24) is 60.6 Å². The van der Waals surface area contributed by atoms with Crippen LogP contribution in [0.2, 0.25) is 0 Å². The van der Waals surface area contributed by atoms with Gasteiger partial charge in [0, 0.05) is 150 Å². The number of likely N-dealkylation sites (N-methyl/N-ethyl adjacent to an activating group) is 3. The first-order valence-electron chi connectivity index (χ1n) is 40.1. The molecular formula is C87H111F3N18O12. The fourth-order valence-corrected chi connectivity index (χ4v) is 12.9. The molecule has 30 nitrogen and oxygen atoms in total. The highest BCUT2D eigenvalue weighted by Gasteiger charge is 2.28. The van der Waals surface area contributed by atoms with Gasteiger partial charge >= 0.3 is 18.3 Å². The lowest BCUT2D eigenvalue weighted by molar-refractivity contribution is 0.0290. The SMILES string of the molecule is CC(Nc1cccc(F)c1)c1cc(C(=O)NCCN(C)C(=O)OC(C)(C)C)cc2ncc(N3CCOCC3)nc12.CC(Nc1cccc(F)c1)c1cc(C(=O)NCCN(C)C(=O)OC(C)(C)C)cc2ncc(N3CCOCC3)nc12.CC(Nc1cccc(F)c1)c1cc(C(=O)NCCN(C)C(=O)OC(C)(C)C)cc2ncc(N3CCOCC3)nc12. The van der Waals surface area contributed by atoms with Gasteiger partial charge in [-0.25, -0.2) is 42.5 Å². The zero-order valence-electron chi connectivity index (χ0n) is 71.0. The molecule has 9 aromatic rings. The molecule has 6 aromatic carbocycles. The van der Waals surface area contributed by atoms with Crippen LogP contribution in [0.25, 0.3) is 33.1 Å². The quantitative estimate of drug-likeness (QED) is 0.0306. The van der Waals surface area contributed by atoms with Gasteiger partial charge in [0.25, 0.3) is 17.7 Å². The van der Waals surface area contributed by atoms with Gasteiger partial charge in [-0.2, -0.15) is 0 Å². The van der Waals surface area contributed by atoms with E-state index in [2.05, 4.69) is 61.6 Å². The number of hydrogen-bond donors (Lipinski definition) is 6. The van der Waals surface area contributed by atoms with E-state index >= 15 is 0 Å². The Hall–Kier alpha value is -12.0. The largest absolute Gasteiger partial charge is 0.444 e. The molecule has 642 valence electrons. The summed E-state index contributed by atoms with van der Waals surface area (Å²) in [5, 5.41) is 18.6. The smallest absolute Gasteiger partial charge is 0.410 e. The summed E-state index contributed by atoms with van der Waals surface area (Å²) >= 11 is 0. The van der Waals surface area contributed by atoms with Gasteiger partial charge in [0.1, 0.15) is 51.7 Å². The number of anilines is 6. The standard InChI is InChI=1S/3C29H37FN6O4/c3*1-19(33-22-8-6-7-21(30)17-22)23-15-20(27(37)31-9-10-35(5)28(38)40-29(2,3)4)16-24-26(23)34-25(18-32-24)36-11-13-39-14-12-36/h3*6-8,15-19,33H,9-14H2,1-5H3,(H,31,37). The van der Waals surface area contributed by atoms with E-state index in [0.717, 1.165) is 34.1 Å². The van der Waals surface area contributed by atoms with E-state index in [0.29, 0.717) is 146 Å². The molecular weight excluding hydrogens is 1550 g/mol. The maximum Gasteiger partial charge on any atom is 0.410 e. The highest BCUT2D eigenvalue weighted by Crippen LogP contribution is 2.34. The summed E-state index contributed by atoms with van der Waals surface area (Å²) in [5.74, 6) is 0.239. The highest BCUT2D eigenvalue weighted by atomic mass is 19.1. The molecule has 3 saturated heterocycles. The average molecular weight is 1660 g/mol. The molecule has 3 atom stereocenters. The number of morpholine rings is 3. The topological polar surface area (TPSA) is 327 Å². The molecule has 12 rings (SSSR count). The van der Waals surface area contributed by atoms with E-state index in [1.807, 2.05) is 20.8 Å². The Labute approximate surface area is 698 Å². The molecule has 3 aliphatic rings. The second-order valence-electron chi connectivity index (χ2n) is 32.4. The Morgan fingerprint density at radius 2 is 0.650 bits per heavy atom. The molecule has 6 amide bonds. The number of hydrogen-bond acceptors (Lipinski definition) is 24. The summed E-state index contributed by atoms with van der Waals surface area (Å²) in [5.41, 5.74) is 7.16. The third-order valence-corrected chi connectivity index (χ3v) is 19.1. The minimum Gasteiger partial charge on any atom is -0.444 e. The van der Waals surface area contributed by atoms with Crippen molar-refractivity contribution in [2.24, 2.45) is 0 Å². The molecule has 0 spiro atoms. The maximum atomic E-state index is 13.8. The molecule has 33 heteroatoms. The van der Waals surface area contributed by atoms with Gasteiger partial charge in [-0.1, -0.05) is 18.2 Å². The van der Waals surface area contributed by atoms with Crippen LogP contribution < -0.4 is 46.6 Å². The van der Waals surface area contributed by atoms with Crippen molar-refractivity contribution < 1.29 is 70.4 Å². The second kappa shape index (κ2) is 41.1. The van der Waals surface area contributed by atoms with Crippen molar-refractivity contribution in [3.63, 3.8) is 0 Å². The number of halogens is 3. The number of fused-ring (bicyclic) bond motifs is 3. The van der Waals surface area contributed by atoms with Gasteiger partial charge in [-0.3, -0.25) is 29.3 Å². The van der Waals surface area contributed by atoms with Crippen LogP contribution in [0.1, 0.15) is 149 Å². The first-order valence-corrected chi connectivity index (χ1v) is 40.1. The molecule has 0 aliphatic carbocycles. The van der Waals surface area contributed by atoms with E-state index in [9.17, 15) is 41.9 Å². The van der Waals surface area contributed by atoms with E-state index in [1.165, 1.54) is 51.1 Å². The first kappa shape index (κ1) is 90.4. The normalized spacial score (nSPS) is 14.5. The fraction of sp³-hybridized carbons (Fsp3) is 0.448. The van der Waals surface area contributed by atoms with Gasteiger partial charge in [0.2, 0.25) is 0 Å². The van der Waals surface area contributed by atoms with Crippen molar-refractivity contribution in [1.29, 1.82) is 0 Å². The van der Waals surface area contributed by atoms with Crippen LogP contribution in [0.15, 0.2) is 128 Å². The zero-order valence-corrected chi connectivity index (χ0v) is 71.0. The van der Waals surface area contributed by atoms with E-state index in [1.54, 1.807) is 175 Å². The molecule has 0 saturated carbocycles. The molecule has 6 N–H and O–H groups in total. The number of benzene rings is 6. The maximum absolute atomic E-state index is 13.8. The van der Waals surface area contributed by atoms with Gasteiger partial charge in [-0.15, -0.1) is 0 Å². The first-order chi connectivity index (χ1) is 57.0. The van der Waals surface area contributed by atoms with Crippen molar-refractivity contribution in [3.05, 3.63) is 179 Å². The van der Waals surface area contributed by atoms with Crippen LogP contribution in [0, 0.1) is 17.5 Å². The third kappa shape index (κ3) is 26.5. The Bertz CT molecular complexity index is 4560. The average Bonchev–Trinajstić information content (AvgIpc) is 0.787. The molecule has 120 heavy (non-hydrogen) atoms. The van der Waals surface area contributed by atoms with Crippen molar-refractivity contribution in [2.75, 3.05) is 170 Å². The lowest BCUT2D eigenvalue weighted by atomic mass is 10.0. The molecule has 3 aliphatic heterocycles. The van der Waals surface area contributed by atoms with Crippen molar-refractivity contribution in [2.45, 2.75) is 118 Å². The summed E-state index contributed by atoms with van der Waals surface area (Å²) in [6.45, 7) is 31.5. The number of nitrogens with one attached hydrogen (secondary N) is 6. The number of rotatable bonds is 24. The van der Waals surface area contributed by atoms with Crippen LogP contribution in [-0.2, 0) is 28.4 Å². The van der Waals surface area contributed by atoms with E-state index in [4.69, 9.17) is 43.4 Å². The fourth-order valence-electron chi connectivity index (χ4n) is 12.9. The molecule has 3 unspecified atom stereocenters. The third-order valence-electron chi connectivity index (χ3n) is 19.1. The zero-order chi connectivity index (χ0) is 86.6. The Morgan fingerprint density at radius 1 is 0.400 bits per heavy atom. The predicted octanol–water partition coefficient (Wildman–Crippen LogP) is 13.1. The molecule has 0 radical (unpaired) electrons. The minimum absolute atomic E-state index is 0.237. The Morgan fingerprint density at radius 3 is 0.883 bits per heavy atom. The van der Waals surface area contributed by atoms with E-state index < -0.39 is 35.1 Å². The predicted molar refractivity (Wildman–Crippen MR) is 457 cm³/mol. The second-order valence-corrected chi connectivity index (χ2v) is 32.4. The molecule has 3 aromatic heterocycles. The summed E-state index contributed by atoms with van der Waals surface area (Å²) in [7, 11) is 4.86. The summed E-state index contributed by atoms with van der Waals surface area (Å²) in [4.78, 5) is 115. The van der Waals surface area contributed by atoms with Gasteiger partial charge in [0.05, 0.1) is 109 Å². The highest BCUT2D eigenvalue weighted by molar-refractivity contribution is 6.00. The number of amides is 6. The molecule has 6 heterocycles. The monoisotopic (exact) mass is 1660 g/mol. The van der Waals surface area contributed by atoms with Crippen LogP contribution in [0.4, 0.5) is 62.1 Å². The molecule has 0 bridgehead atoms. The van der Waals surface area contributed by atoms with Crippen LogP contribution >= 0.6 is 0 Å². The minimum atomic E-state index is -0.602. The van der Waals surface area contributed by atoms with Gasteiger partial charge in [-0.05, 0) is 174 Å². The summed E-state index contributed by atoms with van der Waals surface area (Å²) in [6.07, 6.45) is 3.74. The Balaban J connectivity index is 0.000000189. The van der Waals surface area contributed by atoms with Gasteiger partial charge < -0.3 is 89.7 Å². The molecule has 3 fully saturated rings. The van der Waals surface area contributed by atoms with Crippen LogP contribution in [0.3, 0.4) is 0 Å². The van der Waals surface area contributed by atoms with Gasteiger partial charge in [0.15, 0.2) is 0 Å².